The second-order valence-electron chi connectivity index (χ2n) is 6.48. The van der Waals surface area contributed by atoms with Crippen molar-refractivity contribution >= 4 is 21.6 Å². The van der Waals surface area contributed by atoms with E-state index in [1.165, 1.54) is 29.6 Å². The third-order valence-corrected chi connectivity index (χ3v) is 6.53. The minimum absolute atomic E-state index is 0.0182. The highest BCUT2D eigenvalue weighted by molar-refractivity contribution is 7.89. The highest BCUT2D eigenvalue weighted by Gasteiger charge is 2.29. The van der Waals surface area contributed by atoms with Crippen molar-refractivity contribution < 1.29 is 17.9 Å². The van der Waals surface area contributed by atoms with Crippen molar-refractivity contribution in [2.75, 3.05) is 25.5 Å². The first-order chi connectivity index (χ1) is 13.5. The summed E-state index contributed by atoms with van der Waals surface area (Å²) in [6, 6.07) is 12.8. The van der Waals surface area contributed by atoms with E-state index in [-0.39, 0.29) is 16.2 Å². The largest absolute Gasteiger partial charge is 0.495 e. The lowest BCUT2D eigenvalue weighted by molar-refractivity contribution is 0.102. The quantitative estimate of drug-likeness (QED) is 0.833. The number of nitrogens with one attached hydrogen (secondary N) is 1. The van der Waals surface area contributed by atoms with E-state index in [4.69, 9.17) is 10.00 Å². The number of hydrogen-bond acceptors (Lipinski definition) is 5. The Kier molecular flexibility index (Phi) is 5.97. The van der Waals surface area contributed by atoms with Crippen LogP contribution in [0.2, 0.25) is 0 Å². The predicted octanol–water partition coefficient (Wildman–Crippen LogP) is 2.99. The van der Waals surface area contributed by atoms with Crippen LogP contribution in [0.5, 0.6) is 5.75 Å². The van der Waals surface area contributed by atoms with Gasteiger partial charge in [-0.2, -0.15) is 9.57 Å². The fourth-order valence-electron chi connectivity index (χ4n) is 3.13. The summed E-state index contributed by atoms with van der Waals surface area (Å²) >= 11 is 0. The Balaban J connectivity index is 1.91. The number of nitriles is 1. The molecule has 7 nitrogen and oxygen atoms in total. The van der Waals surface area contributed by atoms with E-state index in [1.807, 2.05) is 6.07 Å². The number of carbonyl (C=O) groups is 1. The summed E-state index contributed by atoms with van der Waals surface area (Å²) in [6.45, 7) is 0.922. The van der Waals surface area contributed by atoms with Crippen molar-refractivity contribution in [1.82, 2.24) is 4.31 Å². The predicted molar refractivity (Wildman–Crippen MR) is 105 cm³/mol. The van der Waals surface area contributed by atoms with E-state index in [9.17, 15) is 13.2 Å². The third kappa shape index (κ3) is 4.16. The molecule has 2 aromatic carbocycles. The van der Waals surface area contributed by atoms with E-state index in [2.05, 4.69) is 5.32 Å². The zero-order valence-corrected chi connectivity index (χ0v) is 16.3. The van der Waals surface area contributed by atoms with Crippen molar-refractivity contribution in [3.8, 4) is 11.8 Å². The lowest BCUT2D eigenvalue weighted by Crippen LogP contribution is -2.35. The van der Waals surface area contributed by atoms with Gasteiger partial charge in [0, 0.05) is 24.3 Å². The molecule has 0 aromatic heterocycles. The zero-order chi connectivity index (χ0) is 20.1. The van der Waals surface area contributed by atoms with E-state index in [0.29, 0.717) is 24.3 Å². The number of anilines is 1. The minimum atomic E-state index is -3.76. The molecule has 8 heteroatoms. The molecule has 1 heterocycles. The van der Waals surface area contributed by atoms with Crippen LogP contribution in [0.15, 0.2) is 47.4 Å². The Labute approximate surface area is 164 Å². The molecule has 2 aromatic rings. The first kappa shape index (κ1) is 19.9. The van der Waals surface area contributed by atoms with E-state index in [1.54, 1.807) is 24.3 Å². The number of methoxy groups -OCH3 is 1. The number of sulfonamides is 1. The summed E-state index contributed by atoms with van der Waals surface area (Å²) in [4.78, 5) is 12.6. The van der Waals surface area contributed by atoms with Crippen LogP contribution >= 0.6 is 0 Å². The summed E-state index contributed by atoms with van der Waals surface area (Å²) < 4.78 is 32.8. The fourth-order valence-corrected chi connectivity index (χ4v) is 4.83. The van der Waals surface area contributed by atoms with Gasteiger partial charge in [0.25, 0.3) is 5.91 Å². The molecule has 0 bridgehead atoms. The topological polar surface area (TPSA) is 99.5 Å². The number of rotatable bonds is 5. The molecule has 3 rings (SSSR count). The second kappa shape index (κ2) is 8.42. The molecular weight excluding hydrogens is 378 g/mol. The van der Waals surface area contributed by atoms with Crippen LogP contribution in [-0.4, -0.2) is 38.8 Å². The van der Waals surface area contributed by atoms with Crippen LogP contribution in [0, 0.1) is 11.3 Å². The average molecular weight is 399 g/mol. The van der Waals surface area contributed by atoms with Crippen LogP contribution < -0.4 is 10.1 Å². The van der Waals surface area contributed by atoms with Crippen LogP contribution in [0.4, 0.5) is 5.69 Å². The Morgan fingerprint density at radius 1 is 1.14 bits per heavy atom. The smallest absolute Gasteiger partial charge is 0.255 e. The lowest BCUT2D eigenvalue weighted by atomic mass is 10.2. The van der Waals surface area contributed by atoms with Gasteiger partial charge in [0.1, 0.15) is 10.6 Å². The molecule has 0 saturated carbocycles. The van der Waals surface area contributed by atoms with Gasteiger partial charge in [-0.15, -0.1) is 0 Å². The minimum Gasteiger partial charge on any atom is -0.495 e. The van der Waals surface area contributed by atoms with Gasteiger partial charge in [0.15, 0.2) is 0 Å². The molecule has 0 spiro atoms. The Hall–Kier alpha value is -2.89. The first-order valence-electron chi connectivity index (χ1n) is 8.95. The fraction of sp³-hybridized carbons (Fsp3) is 0.300. The van der Waals surface area contributed by atoms with Gasteiger partial charge >= 0.3 is 0 Å². The number of hydrogen-bond donors (Lipinski definition) is 1. The summed E-state index contributed by atoms with van der Waals surface area (Å²) in [5.74, 6) is -0.263. The summed E-state index contributed by atoms with van der Waals surface area (Å²) in [7, 11) is -2.36. The number of ether oxygens (including phenoxy) is 1. The van der Waals surface area contributed by atoms with Gasteiger partial charge in [-0.1, -0.05) is 12.5 Å². The summed E-state index contributed by atoms with van der Waals surface area (Å²) in [5.41, 5.74) is 1.07. The van der Waals surface area contributed by atoms with Gasteiger partial charge in [-0.3, -0.25) is 4.79 Å². The van der Waals surface area contributed by atoms with Gasteiger partial charge in [0.2, 0.25) is 10.0 Å². The van der Waals surface area contributed by atoms with Crippen molar-refractivity contribution in [3.05, 3.63) is 53.6 Å². The van der Waals surface area contributed by atoms with Crippen molar-refractivity contribution in [3.63, 3.8) is 0 Å². The lowest BCUT2D eigenvalue weighted by Gasteiger charge is -2.26. The normalized spacial score (nSPS) is 14.9. The van der Waals surface area contributed by atoms with E-state index in [0.717, 1.165) is 19.3 Å². The average Bonchev–Trinajstić information content (AvgIpc) is 2.74. The van der Waals surface area contributed by atoms with Gasteiger partial charge in [-0.05, 0) is 49.2 Å². The maximum Gasteiger partial charge on any atom is 0.255 e. The summed E-state index contributed by atoms with van der Waals surface area (Å²) in [5, 5.41) is 11.7. The number of benzene rings is 2. The third-order valence-electron chi connectivity index (χ3n) is 4.61. The molecule has 0 unspecified atom stereocenters. The number of piperidine rings is 1. The molecule has 0 radical (unpaired) electrons. The van der Waals surface area contributed by atoms with E-state index >= 15 is 0 Å². The molecule has 1 N–H and O–H groups in total. The molecule has 1 aliphatic heterocycles. The molecule has 1 fully saturated rings. The summed E-state index contributed by atoms with van der Waals surface area (Å²) in [6.07, 6.45) is 2.64. The maximum atomic E-state index is 13.1. The van der Waals surface area contributed by atoms with Crippen molar-refractivity contribution in [2.45, 2.75) is 24.2 Å². The van der Waals surface area contributed by atoms with Crippen LogP contribution in [-0.2, 0) is 10.0 Å². The van der Waals surface area contributed by atoms with Crippen molar-refractivity contribution in [2.24, 2.45) is 0 Å². The highest BCUT2D eigenvalue weighted by atomic mass is 32.2. The molecule has 28 heavy (non-hydrogen) atoms. The number of nitrogens with zero attached hydrogens (tertiary/aromatic N) is 2. The molecule has 146 valence electrons. The molecule has 1 saturated heterocycles. The SMILES string of the molecule is COc1ccc(C(=O)Nc2cccc(C#N)c2)cc1S(=O)(=O)N1CCCCC1. The Bertz CT molecular complexity index is 1020. The van der Waals surface area contributed by atoms with Crippen LogP contribution in [0.3, 0.4) is 0 Å². The van der Waals surface area contributed by atoms with Gasteiger partial charge in [-0.25, -0.2) is 8.42 Å². The Morgan fingerprint density at radius 2 is 1.89 bits per heavy atom. The number of amides is 1. The standard InChI is InChI=1S/C20H21N3O4S/c1-27-18-9-8-16(20(24)22-17-7-5-6-15(12-17)14-21)13-19(18)28(25,26)23-10-3-2-4-11-23/h5-9,12-13H,2-4,10-11H2,1H3,(H,22,24). The van der Waals surface area contributed by atoms with Crippen molar-refractivity contribution in [1.29, 1.82) is 5.26 Å². The van der Waals surface area contributed by atoms with Gasteiger partial charge < -0.3 is 10.1 Å². The molecule has 0 aliphatic carbocycles. The molecular formula is C20H21N3O4S. The monoisotopic (exact) mass is 399 g/mol. The molecule has 0 atom stereocenters. The van der Waals surface area contributed by atoms with Crippen LogP contribution in [0.25, 0.3) is 0 Å². The van der Waals surface area contributed by atoms with Crippen LogP contribution in [0.1, 0.15) is 35.2 Å². The number of carbonyl (C=O) groups excluding carboxylic acids is 1. The molecule has 1 aliphatic rings. The molecule has 1 amide bonds. The zero-order valence-electron chi connectivity index (χ0n) is 15.5. The maximum absolute atomic E-state index is 13.1. The highest BCUT2D eigenvalue weighted by Crippen LogP contribution is 2.30. The Morgan fingerprint density at radius 3 is 2.57 bits per heavy atom. The second-order valence-corrected chi connectivity index (χ2v) is 8.38. The van der Waals surface area contributed by atoms with Gasteiger partial charge in [0.05, 0.1) is 18.7 Å². The first-order valence-corrected chi connectivity index (χ1v) is 10.4. The van der Waals surface area contributed by atoms with E-state index < -0.39 is 15.9 Å².